The summed E-state index contributed by atoms with van der Waals surface area (Å²) in [5.41, 5.74) is 0.858. The van der Waals surface area contributed by atoms with Crippen molar-refractivity contribution >= 4 is 22.1 Å². The van der Waals surface area contributed by atoms with Crippen molar-refractivity contribution in [1.29, 1.82) is 0 Å². The maximum absolute atomic E-state index is 11.1. The van der Waals surface area contributed by atoms with Crippen LogP contribution in [0.15, 0.2) is 43.0 Å². The van der Waals surface area contributed by atoms with Crippen molar-refractivity contribution in [2.45, 2.75) is 13.0 Å². The van der Waals surface area contributed by atoms with Gasteiger partial charge in [0.1, 0.15) is 5.82 Å². The van der Waals surface area contributed by atoms with Gasteiger partial charge in [0.05, 0.1) is 16.4 Å². The van der Waals surface area contributed by atoms with Gasteiger partial charge in [-0.05, 0) is 19.1 Å². The molecule has 1 aromatic carbocycles. The summed E-state index contributed by atoms with van der Waals surface area (Å²) in [5.74, 6) is 0.801. The van der Waals surface area contributed by atoms with Crippen molar-refractivity contribution in [1.82, 2.24) is 15.0 Å². The first-order valence-electron chi connectivity index (χ1n) is 6.44. The molecule has 2 N–H and O–H groups in total. The van der Waals surface area contributed by atoms with Crippen LogP contribution in [-0.4, -0.2) is 19.9 Å². The fraction of sp³-hybridized carbons (Fsp3) is 0.143. The molecule has 0 aliphatic carbocycles. The Morgan fingerprint density at radius 2 is 2.14 bits per heavy atom. The second-order valence-corrected chi connectivity index (χ2v) is 4.65. The van der Waals surface area contributed by atoms with Crippen molar-refractivity contribution in [3.05, 3.63) is 58.9 Å². The molecule has 0 amide bonds. The summed E-state index contributed by atoms with van der Waals surface area (Å²) < 4.78 is 0. The number of anilines is 1. The van der Waals surface area contributed by atoms with Gasteiger partial charge in [-0.2, -0.15) is 0 Å². The average Bonchev–Trinajstić information content (AvgIpc) is 3.01. The van der Waals surface area contributed by atoms with Gasteiger partial charge >= 0.3 is 0 Å². The molecule has 2 heterocycles. The highest BCUT2D eigenvalue weighted by Gasteiger charge is 2.16. The van der Waals surface area contributed by atoms with Gasteiger partial charge in [0.15, 0.2) is 0 Å². The topological polar surface area (TPSA) is 96.7 Å². The highest BCUT2D eigenvalue weighted by Crippen LogP contribution is 2.32. The van der Waals surface area contributed by atoms with Crippen LogP contribution in [0.1, 0.15) is 18.8 Å². The van der Waals surface area contributed by atoms with E-state index in [0.717, 1.165) is 16.9 Å². The Kier molecular flexibility index (Phi) is 3.23. The number of benzene rings is 1. The van der Waals surface area contributed by atoms with Gasteiger partial charge in [-0.25, -0.2) is 4.98 Å². The number of imidazole rings is 1. The molecule has 1 unspecified atom stereocenters. The molecule has 0 aliphatic heterocycles. The number of rotatable bonds is 4. The van der Waals surface area contributed by atoms with Gasteiger partial charge in [0, 0.05) is 41.9 Å². The van der Waals surface area contributed by atoms with Crippen molar-refractivity contribution in [2.24, 2.45) is 0 Å². The minimum Gasteiger partial charge on any atom is -0.375 e. The fourth-order valence-electron chi connectivity index (χ4n) is 2.28. The van der Waals surface area contributed by atoms with Crippen molar-refractivity contribution < 1.29 is 4.92 Å². The second kappa shape index (κ2) is 5.20. The Labute approximate surface area is 120 Å². The molecule has 3 aromatic rings. The van der Waals surface area contributed by atoms with E-state index in [9.17, 15) is 10.1 Å². The number of non-ortho nitro benzene ring substituents is 1. The van der Waals surface area contributed by atoms with E-state index in [0.29, 0.717) is 5.39 Å². The van der Waals surface area contributed by atoms with Crippen LogP contribution >= 0.6 is 0 Å². The third kappa shape index (κ3) is 2.40. The third-order valence-corrected chi connectivity index (χ3v) is 3.29. The van der Waals surface area contributed by atoms with Crippen LogP contribution in [0.2, 0.25) is 0 Å². The summed E-state index contributed by atoms with van der Waals surface area (Å²) in [6, 6.07) is 4.92. The first-order chi connectivity index (χ1) is 10.2. The molecule has 106 valence electrons. The van der Waals surface area contributed by atoms with E-state index in [2.05, 4.69) is 20.3 Å². The smallest absolute Gasteiger partial charge is 0.278 e. The lowest BCUT2D eigenvalue weighted by Gasteiger charge is -2.15. The summed E-state index contributed by atoms with van der Waals surface area (Å²) in [4.78, 5) is 21.9. The minimum absolute atomic E-state index is 0.0437. The molecule has 0 spiro atoms. The zero-order chi connectivity index (χ0) is 14.8. The highest BCUT2D eigenvalue weighted by molar-refractivity contribution is 5.99. The predicted molar refractivity (Wildman–Crippen MR) is 79.0 cm³/mol. The molecule has 7 heteroatoms. The Balaban J connectivity index is 2.04. The Hall–Kier alpha value is -2.96. The highest BCUT2D eigenvalue weighted by atomic mass is 16.6. The van der Waals surface area contributed by atoms with Gasteiger partial charge in [-0.15, -0.1) is 0 Å². The van der Waals surface area contributed by atoms with E-state index >= 15 is 0 Å². The molecule has 3 rings (SSSR count). The van der Waals surface area contributed by atoms with E-state index in [1.54, 1.807) is 30.7 Å². The van der Waals surface area contributed by atoms with Crippen LogP contribution < -0.4 is 5.32 Å². The number of aromatic amines is 1. The Morgan fingerprint density at radius 1 is 1.29 bits per heavy atom. The zero-order valence-corrected chi connectivity index (χ0v) is 11.3. The molecular weight excluding hydrogens is 270 g/mol. The Morgan fingerprint density at radius 3 is 2.86 bits per heavy atom. The van der Waals surface area contributed by atoms with E-state index in [-0.39, 0.29) is 11.7 Å². The van der Waals surface area contributed by atoms with Crippen molar-refractivity contribution in [3.63, 3.8) is 0 Å². The SMILES string of the molecule is CC(Nc1ccc([N+](=O)[O-])c2cnccc12)c1ncc[nH]1. The molecule has 0 saturated carbocycles. The quantitative estimate of drug-likeness (QED) is 0.566. The largest absolute Gasteiger partial charge is 0.375 e. The molecule has 21 heavy (non-hydrogen) atoms. The van der Waals surface area contributed by atoms with Crippen LogP contribution in [0.25, 0.3) is 10.8 Å². The monoisotopic (exact) mass is 283 g/mol. The predicted octanol–water partition coefficient (Wildman–Crippen LogP) is 3.04. The number of fused-ring (bicyclic) bond motifs is 1. The van der Waals surface area contributed by atoms with E-state index < -0.39 is 4.92 Å². The molecule has 0 fully saturated rings. The van der Waals surface area contributed by atoms with Crippen LogP contribution in [0.4, 0.5) is 11.4 Å². The van der Waals surface area contributed by atoms with Gasteiger partial charge in [-0.1, -0.05) is 0 Å². The van der Waals surface area contributed by atoms with Crippen LogP contribution in [0, 0.1) is 10.1 Å². The summed E-state index contributed by atoms with van der Waals surface area (Å²) >= 11 is 0. The lowest BCUT2D eigenvalue weighted by atomic mass is 10.1. The van der Waals surface area contributed by atoms with Gasteiger partial charge in [0.2, 0.25) is 0 Å². The minimum atomic E-state index is -0.399. The maximum atomic E-state index is 11.1. The number of H-pyrrole nitrogens is 1. The second-order valence-electron chi connectivity index (χ2n) is 4.65. The number of nitro groups is 1. The number of hydrogen-bond donors (Lipinski definition) is 2. The standard InChI is InChI=1S/C14H13N5O2/c1-9(14-16-6-7-17-14)18-12-2-3-13(19(20)21)11-8-15-5-4-10(11)12/h2-9,18H,1H3,(H,16,17). The first kappa shape index (κ1) is 13.0. The molecule has 2 aromatic heterocycles. The fourth-order valence-corrected chi connectivity index (χ4v) is 2.28. The third-order valence-electron chi connectivity index (χ3n) is 3.29. The number of aromatic nitrogens is 3. The summed E-state index contributed by atoms with van der Waals surface area (Å²) in [6.07, 6.45) is 6.57. The number of nitrogens with zero attached hydrogens (tertiary/aromatic N) is 3. The summed E-state index contributed by atoms with van der Waals surface area (Å²) in [7, 11) is 0. The summed E-state index contributed by atoms with van der Waals surface area (Å²) in [5, 5.41) is 15.7. The first-order valence-corrected chi connectivity index (χ1v) is 6.44. The number of pyridine rings is 1. The Bertz CT molecular complexity index is 785. The van der Waals surface area contributed by atoms with Crippen LogP contribution in [0.5, 0.6) is 0 Å². The molecule has 7 nitrogen and oxygen atoms in total. The van der Waals surface area contributed by atoms with Gasteiger partial charge in [0.25, 0.3) is 5.69 Å². The molecule has 0 saturated heterocycles. The number of nitro benzene ring substituents is 1. The zero-order valence-electron chi connectivity index (χ0n) is 11.3. The average molecular weight is 283 g/mol. The number of hydrogen-bond acceptors (Lipinski definition) is 5. The van der Waals surface area contributed by atoms with Crippen molar-refractivity contribution in [3.8, 4) is 0 Å². The van der Waals surface area contributed by atoms with Gasteiger partial charge in [-0.3, -0.25) is 15.1 Å². The lowest BCUT2D eigenvalue weighted by molar-refractivity contribution is -0.383. The van der Waals surface area contributed by atoms with E-state index in [1.807, 2.05) is 6.92 Å². The van der Waals surface area contributed by atoms with Crippen LogP contribution in [0.3, 0.4) is 0 Å². The molecule has 0 aliphatic rings. The molecule has 0 bridgehead atoms. The van der Waals surface area contributed by atoms with E-state index in [1.165, 1.54) is 12.3 Å². The normalized spacial score (nSPS) is 12.2. The molecule has 0 radical (unpaired) electrons. The van der Waals surface area contributed by atoms with Crippen molar-refractivity contribution in [2.75, 3.05) is 5.32 Å². The van der Waals surface area contributed by atoms with Gasteiger partial charge < -0.3 is 10.3 Å². The van der Waals surface area contributed by atoms with E-state index in [4.69, 9.17) is 0 Å². The maximum Gasteiger partial charge on any atom is 0.278 e. The summed E-state index contributed by atoms with van der Waals surface area (Å²) in [6.45, 7) is 1.97. The lowest BCUT2D eigenvalue weighted by Crippen LogP contribution is -2.08. The number of nitrogens with one attached hydrogen (secondary N) is 2. The molecular formula is C14H13N5O2. The molecule has 1 atom stereocenters. The van der Waals surface area contributed by atoms with Crippen LogP contribution in [-0.2, 0) is 0 Å².